The zero-order valence-electron chi connectivity index (χ0n) is 11.8. The summed E-state index contributed by atoms with van der Waals surface area (Å²) in [5.41, 5.74) is 1.13. The van der Waals surface area contributed by atoms with E-state index in [1.807, 2.05) is 24.3 Å². The number of anilines is 1. The standard InChI is InChI=1S/C16H16F3NOS/c17-14-8-11(9-15(18)16(14)19)10-20-12-2-4-13(5-3-12)22-7-1-6-21/h2-5,8-9,20-21H,1,6-7,10H2. The van der Waals surface area contributed by atoms with Crippen molar-refractivity contribution < 1.29 is 18.3 Å². The van der Waals surface area contributed by atoms with E-state index in [9.17, 15) is 13.2 Å². The summed E-state index contributed by atoms with van der Waals surface area (Å²) in [6, 6.07) is 9.52. The Morgan fingerprint density at radius 2 is 1.64 bits per heavy atom. The lowest BCUT2D eigenvalue weighted by Crippen LogP contribution is -2.02. The molecule has 118 valence electrons. The quantitative estimate of drug-likeness (QED) is 0.454. The van der Waals surface area contributed by atoms with Crippen LogP contribution in [0.5, 0.6) is 0 Å². The largest absolute Gasteiger partial charge is 0.396 e. The van der Waals surface area contributed by atoms with Crippen molar-refractivity contribution in [3.8, 4) is 0 Å². The highest BCUT2D eigenvalue weighted by molar-refractivity contribution is 7.99. The minimum absolute atomic E-state index is 0.178. The van der Waals surface area contributed by atoms with Gasteiger partial charge in [-0.2, -0.15) is 0 Å². The maximum atomic E-state index is 13.1. The van der Waals surface area contributed by atoms with Gasteiger partial charge in [0.25, 0.3) is 0 Å². The van der Waals surface area contributed by atoms with Crippen LogP contribution in [0, 0.1) is 17.5 Å². The molecular weight excluding hydrogens is 311 g/mol. The highest BCUT2D eigenvalue weighted by Crippen LogP contribution is 2.21. The SMILES string of the molecule is OCCCSc1ccc(NCc2cc(F)c(F)c(F)c2)cc1. The van der Waals surface area contributed by atoms with E-state index >= 15 is 0 Å². The molecule has 0 aliphatic heterocycles. The lowest BCUT2D eigenvalue weighted by Gasteiger charge is -2.08. The van der Waals surface area contributed by atoms with Gasteiger partial charge in [-0.3, -0.25) is 0 Å². The van der Waals surface area contributed by atoms with Crippen LogP contribution in [0.25, 0.3) is 0 Å². The zero-order chi connectivity index (χ0) is 15.9. The zero-order valence-corrected chi connectivity index (χ0v) is 12.6. The Morgan fingerprint density at radius 1 is 1.00 bits per heavy atom. The number of aliphatic hydroxyl groups is 1. The van der Waals surface area contributed by atoms with Crippen LogP contribution < -0.4 is 5.32 Å². The molecule has 0 saturated carbocycles. The fourth-order valence-electron chi connectivity index (χ4n) is 1.84. The first-order valence-electron chi connectivity index (χ1n) is 6.81. The third-order valence-corrected chi connectivity index (χ3v) is 4.06. The predicted molar refractivity (Wildman–Crippen MR) is 82.5 cm³/mol. The van der Waals surface area contributed by atoms with E-state index in [1.165, 1.54) is 0 Å². The fourth-order valence-corrected chi connectivity index (χ4v) is 2.68. The summed E-state index contributed by atoms with van der Waals surface area (Å²) < 4.78 is 39.1. The van der Waals surface area contributed by atoms with Gasteiger partial charge in [0.1, 0.15) is 0 Å². The van der Waals surface area contributed by atoms with Crippen LogP contribution in [-0.2, 0) is 6.54 Å². The number of hydrogen-bond donors (Lipinski definition) is 2. The molecular formula is C16H16F3NOS. The molecule has 2 N–H and O–H groups in total. The number of halogens is 3. The van der Waals surface area contributed by atoms with Crippen molar-refractivity contribution in [2.75, 3.05) is 17.7 Å². The van der Waals surface area contributed by atoms with E-state index in [0.717, 1.165) is 34.9 Å². The van der Waals surface area contributed by atoms with Crippen molar-refractivity contribution in [2.45, 2.75) is 17.9 Å². The van der Waals surface area contributed by atoms with Crippen molar-refractivity contribution >= 4 is 17.4 Å². The Bertz CT molecular complexity index is 596. The van der Waals surface area contributed by atoms with Crippen LogP contribution in [0.4, 0.5) is 18.9 Å². The first kappa shape index (κ1) is 16.7. The van der Waals surface area contributed by atoms with Gasteiger partial charge in [0.05, 0.1) is 0 Å². The molecule has 0 fully saturated rings. The van der Waals surface area contributed by atoms with Gasteiger partial charge in [0.15, 0.2) is 17.5 Å². The predicted octanol–water partition coefficient (Wildman–Crippen LogP) is 4.19. The monoisotopic (exact) mass is 327 g/mol. The van der Waals surface area contributed by atoms with E-state index in [4.69, 9.17) is 5.11 Å². The van der Waals surface area contributed by atoms with Crippen LogP contribution in [0.15, 0.2) is 41.3 Å². The molecule has 0 amide bonds. The number of hydrogen-bond acceptors (Lipinski definition) is 3. The molecule has 0 aliphatic carbocycles. The second-order valence-corrected chi connectivity index (χ2v) is 5.85. The molecule has 6 heteroatoms. The summed E-state index contributed by atoms with van der Waals surface area (Å²) in [6.07, 6.45) is 0.742. The lowest BCUT2D eigenvalue weighted by atomic mass is 10.2. The normalized spacial score (nSPS) is 10.7. The number of thioether (sulfide) groups is 1. The molecule has 0 radical (unpaired) electrons. The van der Waals surface area contributed by atoms with Crippen LogP contribution in [0.3, 0.4) is 0 Å². The molecule has 2 aromatic carbocycles. The van der Waals surface area contributed by atoms with Crippen LogP contribution in [0.1, 0.15) is 12.0 Å². The van der Waals surface area contributed by atoms with Crippen LogP contribution in [-0.4, -0.2) is 17.5 Å². The summed E-state index contributed by atoms with van der Waals surface area (Å²) in [6.45, 7) is 0.378. The number of nitrogens with one attached hydrogen (secondary N) is 1. The fraction of sp³-hybridized carbons (Fsp3) is 0.250. The van der Waals surface area contributed by atoms with Gasteiger partial charge in [0, 0.05) is 29.5 Å². The average Bonchev–Trinajstić information content (AvgIpc) is 2.52. The summed E-state index contributed by atoms with van der Waals surface area (Å²) in [5.74, 6) is -2.98. The smallest absolute Gasteiger partial charge is 0.194 e. The molecule has 0 atom stereocenters. The van der Waals surface area contributed by atoms with Crippen LogP contribution in [0.2, 0.25) is 0 Å². The van der Waals surface area contributed by atoms with Gasteiger partial charge in [-0.15, -0.1) is 11.8 Å². The van der Waals surface area contributed by atoms with E-state index in [0.29, 0.717) is 5.56 Å². The third kappa shape index (κ3) is 4.68. The van der Waals surface area contributed by atoms with Gasteiger partial charge >= 0.3 is 0 Å². The molecule has 0 saturated heterocycles. The molecule has 0 aromatic heterocycles. The molecule has 0 heterocycles. The molecule has 2 rings (SSSR count). The Labute approximate surface area is 131 Å². The maximum absolute atomic E-state index is 13.1. The van der Waals surface area contributed by atoms with Gasteiger partial charge in [-0.05, 0) is 48.4 Å². The van der Waals surface area contributed by atoms with E-state index in [2.05, 4.69) is 5.32 Å². The lowest BCUT2D eigenvalue weighted by molar-refractivity contribution is 0.296. The summed E-state index contributed by atoms with van der Waals surface area (Å²) in [5, 5.41) is 11.7. The van der Waals surface area contributed by atoms with E-state index in [1.54, 1.807) is 11.8 Å². The van der Waals surface area contributed by atoms with E-state index in [-0.39, 0.29) is 13.2 Å². The highest BCUT2D eigenvalue weighted by Gasteiger charge is 2.10. The Balaban J connectivity index is 1.91. The second kappa shape index (κ2) is 8.10. The summed E-state index contributed by atoms with van der Waals surface area (Å²) in [4.78, 5) is 1.08. The summed E-state index contributed by atoms with van der Waals surface area (Å²) >= 11 is 1.65. The third-order valence-electron chi connectivity index (χ3n) is 2.97. The van der Waals surface area contributed by atoms with Gasteiger partial charge in [0.2, 0.25) is 0 Å². The number of rotatable bonds is 7. The van der Waals surface area contributed by atoms with Crippen molar-refractivity contribution in [3.63, 3.8) is 0 Å². The maximum Gasteiger partial charge on any atom is 0.194 e. The summed E-state index contributed by atoms with van der Waals surface area (Å²) in [7, 11) is 0. The number of benzene rings is 2. The molecule has 0 bridgehead atoms. The van der Waals surface area contributed by atoms with Gasteiger partial charge in [-0.25, -0.2) is 13.2 Å². The van der Waals surface area contributed by atoms with Crippen LogP contribution >= 0.6 is 11.8 Å². The Kier molecular flexibility index (Phi) is 6.15. The first-order chi connectivity index (χ1) is 10.6. The van der Waals surface area contributed by atoms with E-state index < -0.39 is 17.5 Å². The number of aliphatic hydroxyl groups excluding tert-OH is 1. The van der Waals surface area contributed by atoms with Gasteiger partial charge < -0.3 is 10.4 Å². The second-order valence-electron chi connectivity index (χ2n) is 4.68. The van der Waals surface area contributed by atoms with Crippen molar-refractivity contribution in [1.29, 1.82) is 0 Å². The topological polar surface area (TPSA) is 32.3 Å². The van der Waals surface area contributed by atoms with Crippen molar-refractivity contribution in [1.82, 2.24) is 0 Å². The molecule has 0 spiro atoms. The molecule has 2 aromatic rings. The Morgan fingerprint density at radius 3 is 2.23 bits per heavy atom. The minimum atomic E-state index is -1.45. The Hall–Kier alpha value is -1.66. The van der Waals surface area contributed by atoms with Crippen molar-refractivity contribution in [2.24, 2.45) is 0 Å². The molecule has 22 heavy (non-hydrogen) atoms. The van der Waals surface area contributed by atoms with Gasteiger partial charge in [-0.1, -0.05) is 0 Å². The molecule has 0 unspecified atom stereocenters. The minimum Gasteiger partial charge on any atom is -0.396 e. The first-order valence-corrected chi connectivity index (χ1v) is 7.79. The highest BCUT2D eigenvalue weighted by atomic mass is 32.2. The van der Waals surface area contributed by atoms with Crippen molar-refractivity contribution in [3.05, 3.63) is 59.4 Å². The molecule has 2 nitrogen and oxygen atoms in total. The average molecular weight is 327 g/mol. The molecule has 0 aliphatic rings.